The lowest BCUT2D eigenvalue weighted by Crippen LogP contribution is -2.02. The highest BCUT2D eigenvalue weighted by Crippen LogP contribution is 2.51. The number of hydrogen-bond donors (Lipinski definition) is 0. The minimum absolute atomic E-state index is 0.749. The van der Waals surface area contributed by atoms with Gasteiger partial charge in [-0.05, 0) is 127 Å². The summed E-state index contributed by atoms with van der Waals surface area (Å²) >= 11 is 10.1. The van der Waals surface area contributed by atoms with Gasteiger partial charge < -0.3 is 13.7 Å². The predicted molar refractivity (Wildman–Crippen MR) is 354 cm³/mol. The van der Waals surface area contributed by atoms with Crippen LogP contribution < -0.4 is 0 Å². The number of fused-ring (bicyclic) bond motifs is 12. The number of aryl methyl sites for hydroxylation is 3. The zero-order valence-electron chi connectivity index (χ0n) is 46.0. The lowest BCUT2D eigenvalue weighted by atomic mass is 10.0. The maximum absolute atomic E-state index is 11.7. The van der Waals surface area contributed by atoms with Gasteiger partial charge in [0.05, 0.1) is 31.2 Å². The molecule has 0 unspecified atom stereocenters. The molecule has 9 heterocycles. The third-order valence-corrected chi connectivity index (χ3v) is 23.3. The smallest absolute Gasteiger partial charge is 0.160 e. The van der Waals surface area contributed by atoms with Gasteiger partial charge in [0.1, 0.15) is 0 Å². The molecule has 0 aliphatic carbocycles. The normalized spacial score (nSPS) is 12.0. The molecule has 0 aliphatic heterocycles. The summed E-state index contributed by atoms with van der Waals surface area (Å²) < 4.78 is 8.22. The average Bonchev–Trinajstić information content (AvgIpc) is 3.68. The zero-order valence-corrected chi connectivity index (χ0v) is 50.9. The van der Waals surface area contributed by atoms with Gasteiger partial charge in [-0.3, -0.25) is 14.4 Å². The maximum atomic E-state index is 11.7. The molecule has 408 valence electrons. The highest BCUT2D eigenvalue weighted by Gasteiger charge is 2.29. The molecule has 13 aromatic rings. The van der Waals surface area contributed by atoms with E-state index in [1.54, 1.807) is 68.0 Å². The molecular weight excluding hydrogens is 1110 g/mol. The van der Waals surface area contributed by atoms with Gasteiger partial charge in [0, 0.05) is 112 Å². The van der Waals surface area contributed by atoms with Crippen molar-refractivity contribution in [2.45, 2.75) is 117 Å². The summed E-state index contributed by atoms with van der Waals surface area (Å²) in [6.45, 7) is 9.66. The number of benzene rings is 4. The van der Waals surface area contributed by atoms with Crippen molar-refractivity contribution in [3.8, 4) is 60.6 Å². The first-order valence-corrected chi connectivity index (χ1v) is 33.8. The maximum Gasteiger partial charge on any atom is 0.160 e. The van der Waals surface area contributed by atoms with E-state index in [0.29, 0.717) is 0 Å². The Hall–Kier alpha value is -6.51. The predicted octanol–water partition coefficient (Wildman–Crippen LogP) is 22.6. The van der Waals surface area contributed by atoms with Crippen LogP contribution in [-0.2, 0) is 19.6 Å². The van der Waals surface area contributed by atoms with E-state index < -0.39 is 0 Å². The van der Waals surface area contributed by atoms with Gasteiger partial charge in [0.2, 0.25) is 0 Å². The van der Waals surface area contributed by atoms with Crippen molar-refractivity contribution in [1.82, 2.24) is 13.7 Å². The molecule has 0 amide bonds. The lowest BCUT2D eigenvalue weighted by molar-refractivity contribution is 0.111. The number of carbonyl (C=O) groups excluding carboxylic acids is 3. The highest BCUT2D eigenvalue weighted by atomic mass is 32.1. The van der Waals surface area contributed by atoms with Crippen molar-refractivity contribution < 1.29 is 14.4 Å². The molecule has 4 aromatic carbocycles. The molecule has 0 aliphatic rings. The molecule has 0 atom stereocenters. The molecule has 9 aromatic heterocycles. The SMILES string of the molecule is CCCCCCn1c2cc(-c3ccc(-c4ccc(C=O)s4)s3)ccc2c2c1c1c3ccc(-c4ccc(-c5ccc(C=O)s5)s4)cc3n(CCCCCC)c1c1c3ccc(-c4ccc(-c5ccc(C=O)s5)s4)cc3n(CCCCCC)c21. The summed E-state index contributed by atoms with van der Waals surface area (Å²) in [6.07, 6.45) is 16.8. The Bertz CT molecular complexity index is 4000. The van der Waals surface area contributed by atoms with E-state index in [0.717, 1.165) is 87.0 Å². The van der Waals surface area contributed by atoms with Crippen molar-refractivity contribution in [2.75, 3.05) is 0 Å². The molecule has 0 saturated carbocycles. The molecule has 0 N–H and O–H groups in total. The first kappa shape index (κ1) is 53.8. The minimum Gasteiger partial charge on any atom is -0.340 e. The molecule has 12 heteroatoms. The van der Waals surface area contributed by atoms with Gasteiger partial charge in [-0.2, -0.15) is 0 Å². The van der Waals surface area contributed by atoms with Crippen LogP contribution >= 0.6 is 68.0 Å². The van der Waals surface area contributed by atoms with E-state index in [9.17, 15) is 14.4 Å². The second kappa shape index (κ2) is 23.4. The molecule has 0 spiro atoms. The summed E-state index contributed by atoms with van der Waals surface area (Å²) in [4.78, 5) is 48.0. The highest BCUT2D eigenvalue weighted by molar-refractivity contribution is 7.25. The molecule has 0 saturated heterocycles. The molecule has 6 nitrogen and oxygen atoms in total. The fraction of sp³-hybridized carbons (Fsp3) is 0.261. The molecule has 13 rings (SSSR count). The second-order valence-corrected chi connectivity index (χ2v) is 28.1. The largest absolute Gasteiger partial charge is 0.340 e. The van der Waals surface area contributed by atoms with Crippen LogP contribution in [0.2, 0.25) is 0 Å². The van der Waals surface area contributed by atoms with Crippen LogP contribution in [0.3, 0.4) is 0 Å². The Labute approximate surface area is 496 Å². The monoisotopic (exact) mass is 1170 g/mol. The number of carbonyl (C=O) groups is 3. The van der Waals surface area contributed by atoms with Crippen LogP contribution in [0.15, 0.2) is 127 Å². The fourth-order valence-corrected chi connectivity index (χ4v) is 18.1. The second-order valence-electron chi connectivity index (χ2n) is 21.5. The summed E-state index contributed by atoms with van der Waals surface area (Å²) in [7, 11) is 0. The van der Waals surface area contributed by atoms with Gasteiger partial charge in [-0.1, -0.05) is 115 Å². The zero-order chi connectivity index (χ0) is 55.1. The molecular formula is C69H63N3O3S6. The Morgan fingerprint density at radius 3 is 0.852 bits per heavy atom. The minimum atomic E-state index is 0.749. The molecule has 0 bridgehead atoms. The van der Waals surface area contributed by atoms with Crippen LogP contribution in [0.5, 0.6) is 0 Å². The van der Waals surface area contributed by atoms with Gasteiger partial charge in [0.15, 0.2) is 18.9 Å². The third kappa shape index (κ3) is 9.93. The first-order valence-electron chi connectivity index (χ1n) is 28.9. The van der Waals surface area contributed by atoms with E-state index >= 15 is 0 Å². The van der Waals surface area contributed by atoms with E-state index in [4.69, 9.17) is 0 Å². The van der Waals surface area contributed by atoms with Gasteiger partial charge in [-0.25, -0.2) is 0 Å². The summed E-state index contributed by atoms with van der Waals surface area (Å²) in [6, 6.07) is 47.3. The number of nitrogens with zero attached hydrogens (tertiary/aromatic N) is 3. The van der Waals surface area contributed by atoms with Crippen molar-refractivity contribution in [2.24, 2.45) is 0 Å². The topological polar surface area (TPSA) is 66.0 Å². The number of aldehydes is 3. The van der Waals surface area contributed by atoms with E-state index in [2.05, 4.69) is 144 Å². The van der Waals surface area contributed by atoms with E-state index in [1.165, 1.54) is 169 Å². The van der Waals surface area contributed by atoms with Crippen LogP contribution in [0.25, 0.3) is 126 Å². The Morgan fingerprint density at radius 2 is 0.580 bits per heavy atom. The number of thiophene rings is 6. The number of hydrogen-bond acceptors (Lipinski definition) is 9. The van der Waals surface area contributed by atoms with Gasteiger partial charge in [0.25, 0.3) is 0 Å². The van der Waals surface area contributed by atoms with Crippen molar-refractivity contribution in [3.05, 3.63) is 142 Å². The quantitative estimate of drug-likeness (QED) is 0.0447. The summed E-state index contributed by atoms with van der Waals surface area (Å²) in [5.41, 5.74) is 11.5. The number of aromatic nitrogens is 3. The molecule has 81 heavy (non-hydrogen) atoms. The van der Waals surface area contributed by atoms with E-state index in [-0.39, 0.29) is 0 Å². The van der Waals surface area contributed by atoms with Crippen LogP contribution in [0.1, 0.15) is 127 Å². The van der Waals surface area contributed by atoms with Crippen LogP contribution in [0.4, 0.5) is 0 Å². The summed E-state index contributed by atoms with van der Waals surface area (Å²) in [5.74, 6) is 0. The average molecular weight is 1170 g/mol. The Kier molecular flexibility index (Phi) is 15.5. The van der Waals surface area contributed by atoms with Crippen molar-refractivity contribution in [3.63, 3.8) is 0 Å². The molecule has 0 fully saturated rings. The standard InChI is InChI=1S/C69H63N3O3S6/c1-4-7-10-13-34-70-52-37-43(55-28-31-61(79-55)58-25-19-46(40-73)76-58)16-22-49(52)64-67(70)65-50-23-17-44(56-29-32-62(80-56)59-26-20-47(41-74)77-59)38-53(50)71(35-14-11-8-5-2)69(65)66-51-24-18-45(39-54(51)72(68(64)66)36-15-12-9-6-3)57-30-33-63(81-57)60-27-21-48(42-75)78-60/h16-33,37-42H,4-15,34-36H2,1-3H3. The van der Waals surface area contributed by atoms with E-state index in [1.807, 2.05) is 18.2 Å². The lowest BCUT2D eigenvalue weighted by Gasteiger charge is -2.13. The fourth-order valence-electron chi connectivity index (χ4n) is 12.3. The summed E-state index contributed by atoms with van der Waals surface area (Å²) in [5, 5.41) is 7.93. The van der Waals surface area contributed by atoms with Gasteiger partial charge in [-0.15, -0.1) is 68.0 Å². The molecule has 0 radical (unpaired) electrons. The number of rotatable bonds is 24. The number of unbranched alkanes of at least 4 members (excludes halogenated alkanes) is 9. The third-order valence-electron chi connectivity index (χ3n) is 16.2. The van der Waals surface area contributed by atoms with Gasteiger partial charge >= 0.3 is 0 Å². The van der Waals surface area contributed by atoms with Crippen molar-refractivity contribution >= 4 is 152 Å². The van der Waals surface area contributed by atoms with Crippen molar-refractivity contribution in [1.29, 1.82) is 0 Å². The van der Waals surface area contributed by atoms with Crippen LogP contribution in [0, 0.1) is 0 Å². The Morgan fingerprint density at radius 1 is 0.309 bits per heavy atom. The first-order chi connectivity index (χ1) is 39.9. The van der Waals surface area contributed by atoms with Crippen LogP contribution in [-0.4, -0.2) is 32.6 Å². The Balaban J connectivity index is 1.12.